The third-order valence-corrected chi connectivity index (χ3v) is 7.51. The summed E-state index contributed by atoms with van der Waals surface area (Å²) in [6.45, 7) is 0. The molecule has 0 amide bonds. The number of hydrogen-bond acceptors (Lipinski definition) is 6. The number of unbranched alkanes of at least 4 members (excludes halogenated alkanes) is 3. The number of nitriles is 1. The molecule has 0 N–H and O–H groups in total. The molecule has 178 valence electrons. The van der Waals surface area contributed by atoms with Crippen molar-refractivity contribution in [2.75, 3.05) is 5.75 Å². The average Bonchev–Trinajstić information content (AvgIpc) is 2.85. The van der Waals surface area contributed by atoms with Crippen molar-refractivity contribution in [3.05, 3.63) is 77.8 Å². The van der Waals surface area contributed by atoms with Crippen LogP contribution in [0.4, 0.5) is 4.39 Å². The van der Waals surface area contributed by atoms with Crippen molar-refractivity contribution in [2.45, 2.75) is 30.6 Å². The number of hydrogen-bond donors (Lipinski definition) is 0. The number of aromatic nitrogens is 2. The second-order valence-electron chi connectivity index (χ2n) is 7.86. The smallest absolute Gasteiger partial charge is 0.178 e. The van der Waals surface area contributed by atoms with Crippen LogP contribution in [-0.4, -0.2) is 24.1 Å². The van der Waals surface area contributed by atoms with E-state index in [1.54, 1.807) is 30.3 Å². The van der Waals surface area contributed by atoms with Crippen LogP contribution in [0.2, 0.25) is 5.02 Å². The molecule has 0 saturated heterocycles. The molecular weight excluding hydrogens is 489 g/mol. The predicted molar refractivity (Wildman–Crippen MR) is 133 cm³/mol. The van der Waals surface area contributed by atoms with Gasteiger partial charge in [-0.2, -0.15) is 5.26 Å². The highest BCUT2D eigenvalue weighted by atomic mass is 35.5. The van der Waals surface area contributed by atoms with Crippen LogP contribution in [-0.2, 0) is 9.84 Å². The lowest BCUT2D eigenvalue weighted by molar-refractivity contribution is 0.479. The van der Waals surface area contributed by atoms with Crippen molar-refractivity contribution in [3.63, 3.8) is 0 Å². The molecule has 1 heterocycles. The van der Waals surface area contributed by atoms with E-state index in [-0.39, 0.29) is 16.2 Å². The fourth-order valence-electron chi connectivity index (χ4n) is 3.67. The highest BCUT2D eigenvalue weighted by Crippen LogP contribution is 2.34. The molecule has 0 aliphatic heterocycles. The van der Waals surface area contributed by atoms with E-state index in [1.807, 2.05) is 0 Å². The van der Waals surface area contributed by atoms with Gasteiger partial charge in [-0.25, -0.2) is 22.8 Å². The Kier molecular flexibility index (Phi) is 7.59. The highest BCUT2D eigenvalue weighted by Gasteiger charge is 2.17. The molecule has 6 nitrogen and oxygen atoms in total. The third kappa shape index (κ3) is 5.76. The monoisotopic (exact) mass is 509 g/mol. The van der Waals surface area contributed by atoms with E-state index >= 15 is 0 Å². The minimum atomic E-state index is -3.50. The van der Waals surface area contributed by atoms with Crippen molar-refractivity contribution in [1.82, 2.24) is 9.97 Å². The number of ether oxygens (including phenoxy) is 1. The number of halogens is 2. The molecule has 1 aromatic heterocycles. The number of para-hydroxylation sites is 1. The summed E-state index contributed by atoms with van der Waals surface area (Å²) >= 11 is 6.23. The van der Waals surface area contributed by atoms with E-state index in [1.165, 1.54) is 36.7 Å². The Morgan fingerprint density at radius 3 is 2.60 bits per heavy atom. The molecule has 0 spiro atoms. The Labute approximate surface area is 207 Å². The molecule has 0 saturated carbocycles. The summed E-state index contributed by atoms with van der Waals surface area (Å²) in [6, 6.07) is 17.7. The van der Waals surface area contributed by atoms with Crippen molar-refractivity contribution < 1.29 is 17.5 Å². The van der Waals surface area contributed by atoms with Gasteiger partial charge in [0.05, 0.1) is 33.0 Å². The van der Waals surface area contributed by atoms with Gasteiger partial charge >= 0.3 is 0 Å². The molecule has 0 fully saturated rings. The Morgan fingerprint density at radius 2 is 1.77 bits per heavy atom. The molecule has 0 aliphatic rings. The Hall–Kier alpha value is -3.54. The summed E-state index contributed by atoms with van der Waals surface area (Å²) in [4.78, 5) is 8.59. The average molecular weight is 510 g/mol. The summed E-state index contributed by atoms with van der Waals surface area (Å²) < 4.78 is 46.1. The predicted octanol–water partition coefficient (Wildman–Crippen LogP) is 6.74. The molecule has 35 heavy (non-hydrogen) atoms. The maximum atomic E-state index is 14.8. The van der Waals surface area contributed by atoms with Crippen LogP contribution in [0.1, 0.15) is 25.7 Å². The van der Waals surface area contributed by atoms with Crippen LogP contribution < -0.4 is 4.74 Å². The molecular formula is C26H21ClFN3O3S. The first-order valence-corrected chi connectivity index (χ1v) is 13.0. The summed E-state index contributed by atoms with van der Waals surface area (Å²) in [5, 5.41) is 9.62. The number of nitrogens with zero attached hydrogens (tertiary/aromatic N) is 3. The highest BCUT2D eigenvalue weighted by molar-refractivity contribution is 7.91. The van der Waals surface area contributed by atoms with Crippen LogP contribution in [0.25, 0.3) is 22.2 Å². The number of sulfone groups is 1. The van der Waals surface area contributed by atoms with Crippen LogP contribution >= 0.6 is 11.6 Å². The SMILES string of the molecule is N#CCCCCCS(=O)(=O)c1cccc(Oc2ccc(F)c(-c3ncnc4c(Cl)cccc34)c2)c1. The first-order valence-electron chi connectivity index (χ1n) is 11.0. The van der Waals surface area contributed by atoms with Crippen LogP contribution in [0.15, 0.2) is 71.9 Å². The van der Waals surface area contributed by atoms with E-state index < -0.39 is 15.7 Å². The molecule has 0 unspecified atom stereocenters. The lowest BCUT2D eigenvalue weighted by Gasteiger charge is -2.11. The number of benzene rings is 3. The summed E-state index contributed by atoms with van der Waals surface area (Å²) in [6.07, 6.45) is 3.57. The lowest BCUT2D eigenvalue weighted by atomic mass is 10.1. The zero-order valence-electron chi connectivity index (χ0n) is 18.6. The standard InChI is InChI=1S/C26H21ClFN3O3S/c27-23-10-6-9-21-25(30-17-31-26(21)23)22-16-19(11-12-24(22)28)34-18-7-5-8-20(15-18)35(32,33)14-4-2-1-3-13-29/h5-12,15-17H,1-4,14H2. The van der Waals surface area contributed by atoms with Gasteiger partial charge in [-0.05, 0) is 55.3 Å². The van der Waals surface area contributed by atoms with Gasteiger partial charge in [0.1, 0.15) is 23.6 Å². The minimum Gasteiger partial charge on any atom is -0.457 e. The van der Waals surface area contributed by atoms with Gasteiger partial charge in [-0.1, -0.05) is 36.2 Å². The molecule has 4 rings (SSSR count). The normalized spacial score (nSPS) is 11.3. The Balaban J connectivity index is 1.59. The Morgan fingerprint density at radius 1 is 0.971 bits per heavy atom. The molecule has 9 heteroatoms. The first kappa shape index (κ1) is 24.6. The van der Waals surface area contributed by atoms with Gasteiger partial charge in [-0.15, -0.1) is 0 Å². The number of rotatable bonds is 9. The van der Waals surface area contributed by atoms with Gasteiger partial charge in [0, 0.05) is 17.4 Å². The summed E-state index contributed by atoms with van der Waals surface area (Å²) in [7, 11) is -3.50. The minimum absolute atomic E-state index is 0.00801. The van der Waals surface area contributed by atoms with Crippen LogP contribution in [0.5, 0.6) is 11.5 Å². The largest absolute Gasteiger partial charge is 0.457 e. The van der Waals surface area contributed by atoms with Crippen molar-refractivity contribution in [1.29, 1.82) is 5.26 Å². The Bertz CT molecular complexity index is 1520. The van der Waals surface area contributed by atoms with Crippen molar-refractivity contribution >= 4 is 32.3 Å². The molecule has 0 aliphatic carbocycles. The van der Waals surface area contributed by atoms with E-state index in [9.17, 15) is 12.8 Å². The van der Waals surface area contributed by atoms with Crippen LogP contribution in [0, 0.1) is 17.1 Å². The summed E-state index contributed by atoms with van der Waals surface area (Å²) in [5.41, 5.74) is 1.09. The number of fused-ring (bicyclic) bond motifs is 1. The van der Waals surface area contributed by atoms with E-state index in [4.69, 9.17) is 21.6 Å². The maximum absolute atomic E-state index is 14.8. The van der Waals surface area contributed by atoms with E-state index in [0.717, 1.165) is 0 Å². The third-order valence-electron chi connectivity index (χ3n) is 5.41. The van der Waals surface area contributed by atoms with Gasteiger partial charge in [-0.3, -0.25) is 0 Å². The zero-order chi connectivity index (χ0) is 24.8. The molecule has 0 atom stereocenters. The molecule has 0 bridgehead atoms. The van der Waals surface area contributed by atoms with E-state index in [0.29, 0.717) is 58.8 Å². The zero-order valence-corrected chi connectivity index (χ0v) is 20.2. The topological polar surface area (TPSA) is 92.9 Å². The van der Waals surface area contributed by atoms with E-state index in [2.05, 4.69) is 16.0 Å². The van der Waals surface area contributed by atoms with Gasteiger partial charge in [0.2, 0.25) is 0 Å². The lowest BCUT2D eigenvalue weighted by Crippen LogP contribution is -2.07. The second kappa shape index (κ2) is 10.8. The second-order valence-corrected chi connectivity index (χ2v) is 10.4. The fourth-order valence-corrected chi connectivity index (χ4v) is 5.30. The fraction of sp³-hybridized carbons (Fsp3) is 0.192. The van der Waals surface area contributed by atoms with Crippen LogP contribution in [0.3, 0.4) is 0 Å². The van der Waals surface area contributed by atoms with Gasteiger partial charge in [0.15, 0.2) is 9.84 Å². The molecule has 4 aromatic rings. The van der Waals surface area contributed by atoms with Gasteiger partial charge in [0.25, 0.3) is 0 Å². The quantitative estimate of drug-likeness (QED) is 0.232. The molecule has 0 radical (unpaired) electrons. The molecule has 3 aromatic carbocycles. The van der Waals surface area contributed by atoms with Crippen molar-refractivity contribution in [2.24, 2.45) is 0 Å². The van der Waals surface area contributed by atoms with Crippen molar-refractivity contribution in [3.8, 4) is 28.8 Å². The van der Waals surface area contributed by atoms with Gasteiger partial charge < -0.3 is 4.74 Å². The summed E-state index contributed by atoms with van der Waals surface area (Å²) in [5.74, 6) is 0.126. The first-order chi connectivity index (χ1) is 16.9. The maximum Gasteiger partial charge on any atom is 0.178 e.